The lowest BCUT2D eigenvalue weighted by Gasteiger charge is -2.10. The molecule has 0 saturated heterocycles. The van der Waals surface area contributed by atoms with Gasteiger partial charge in [-0.05, 0) is 38.5 Å². The Balaban J connectivity index is 2.06. The van der Waals surface area contributed by atoms with Crippen molar-refractivity contribution in [2.24, 2.45) is 0 Å². The molecular weight excluding hydrogens is 286 g/mol. The average molecular weight is 303 g/mol. The molecule has 1 unspecified atom stereocenters. The molecule has 21 heavy (non-hydrogen) atoms. The van der Waals surface area contributed by atoms with E-state index in [2.05, 4.69) is 9.97 Å². The summed E-state index contributed by atoms with van der Waals surface area (Å²) in [5.41, 5.74) is 1.71. The van der Waals surface area contributed by atoms with Crippen molar-refractivity contribution in [3.05, 3.63) is 50.6 Å². The fourth-order valence-electron chi connectivity index (χ4n) is 2.49. The van der Waals surface area contributed by atoms with Crippen LogP contribution in [-0.4, -0.2) is 19.6 Å². The minimum atomic E-state index is -0.554. The molecule has 0 bridgehead atoms. The first-order valence-corrected chi connectivity index (χ1v) is 7.61. The van der Waals surface area contributed by atoms with Gasteiger partial charge in [-0.2, -0.15) is 0 Å². The van der Waals surface area contributed by atoms with E-state index >= 15 is 0 Å². The van der Waals surface area contributed by atoms with Gasteiger partial charge in [0.1, 0.15) is 10.7 Å². The van der Waals surface area contributed by atoms with E-state index in [0.717, 1.165) is 21.0 Å². The molecule has 3 rings (SSSR count). The monoisotopic (exact) mass is 303 g/mol. The summed E-state index contributed by atoms with van der Waals surface area (Å²) in [6.45, 7) is 6.10. The smallest absolute Gasteiger partial charge is 0.259 e. The van der Waals surface area contributed by atoms with Crippen LogP contribution in [0.1, 0.15) is 35.0 Å². The maximum atomic E-state index is 12.2. The minimum Gasteiger partial charge on any atom is -0.387 e. The first-order chi connectivity index (χ1) is 9.97. The van der Waals surface area contributed by atoms with Crippen molar-refractivity contribution in [2.45, 2.75) is 33.4 Å². The van der Waals surface area contributed by atoms with Crippen molar-refractivity contribution in [3.8, 4) is 0 Å². The Kier molecular flexibility index (Phi) is 3.43. The Bertz CT molecular complexity index is 858. The lowest BCUT2D eigenvalue weighted by atomic mass is 10.2. The lowest BCUT2D eigenvalue weighted by molar-refractivity contribution is 0.189. The number of hydrogen-bond donors (Lipinski definition) is 2. The Morgan fingerprint density at radius 3 is 2.95 bits per heavy atom. The van der Waals surface area contributed by atoms with E-state index in [0.29, 0.717) is 17.8 Å². The number of aromatic amines is 1. The van der Waals surface area contributed by atoms with Gasteiger partial charge in [0.15, 0.2) is 0 Å². The van der Waals surface area contributed by atoms with Crippen molar-refractivity contribution < 1.29 is 5.11 Å². The second-order valence-corrected chi connectivity index (χ2v) is 6.42. The van der Waals surface area contributed by atoms with Crippen LogP contribution in [0.15, 0.2) is 23.1 Å². The predicted molar refractivity (Wildman–Crippen MR) is 83.9 cm³/mol. The van der Waals surface area contributed by atoms with Crippen LogP contribution in [-0.2, 0) is 6.54 Å². The highest BCUT2D eigenvalue weighted by Gasteiger charge is 2.13. The lowest BCUT2D eigenvalue weighted by Crippen LogP contribution is -2.15. The summed E-state index contributed by atoms with van der Waals surface area (Å²) in [5, 5.41) is 10.4. The Morgan fingerprint density at radius 1 is 1.48 bits per heavy atom. The van der Waals surface area contributed by atoms with Crippen molar-refractivity contribution in [1.29, 1.82) is 0 Å². The predicted octanol–water partition coefficient (Wildman–Crippen LogP) is 2.50. The SMILES string of the molecule is Cc1sc2nc(Cn3cccc3C(C)O)[nH]c(=O)c2c1C. The Morgan fingerprint density at radius 2 is 2.24 bits per heavy atom. The third-order valence-electron chi connectivity index (χ3n) is 3.70. The molecule has 110 valence electrons. The summed E-state index contributed by atoms with van der Waals surface area (Å²) in [7, 11) is 0. The molecule has 6 heteroatoms. The van der Waals surface area contributed by atoms with Gasteiger partial charge >= 0.3 is 0 Å². The van der Waals surface area contributed by atoms with Crippen LogP contribution in [0.3, 0.4) is 0 Å². The highest BCUT2D eigenvalue weighted by molar-refractivity contribution is 7.18. The van der Waals surface area contributed by atoms with E-state index in [1.807, 2.05) is 36.7 Å². The van der Waals surface area contributed by atoms with Crippen LogP contribution < -0.4 is 5.56 Å². The van der Waals surface area contributed by atoms with E-state index in [-0.39, 0.29) is 5.56 Å². The summed E-state index contributed by atoms with van der Waals surface area (Å²) in [5.74, 6) is 0.604. The van der Waals surface area contributed by atoms with Crippen LogP contribution in [0.2, 0.25) is 0 Å². The van der Waals surface area contributed by atoms with Gasteiger partial charge in [-0.3, -0.25) is 4.79 Å². The van der Waals surface area contributed by atoms with Crippen molar-refractivity contribution in [2.75, 3.05) is 0 Å². The van der Waals surface area contributed by atoms with E-state index in [4.69, 9.17) is 0 Å². The molecule has 5 nitrogen and oxygen atoms in total. The van der Waals surface area contributed by atoms with Crippen molar-refractivity contribution >= 4 is 21.6 Å². The highest BCUT2D eigenvalue weighted by Crippen LogP contribution is 2.25. The van der Waals surface area contributed by atoms with Crippen LogP contribution in [0.4, 0.5) is 0 Å². The fraction of sp³-hybridized carbons (Fsp3) is 0.333. The molecule has 3 heterocycles. The summed E-state index contributed by atoms with van der Waals surface area (Å²) >= 11 is 1.54. The van der Waals surface area contributed by atoms with E-state index in [9.17, 15) is 9.90 Å². The Labute approximate surface area is 125 Å². The number of hydrogen-bond acceptors (Lipinski definition) is 4. The topological polar surface area (TPSA) is 70.9 Å². The molecular formula is C15H17N3O2S. The van der Waals surface area contributed by atoms with Crippen molar-refractivity contribution in [1.82, 2.24) is 14.5 Å². The molecule has 0 amide bonds. The highest BCUT2D eigenvalue weighted by atomic mass is 32.1. The fourth-order valence-corrected chi connectivity index (χ4v) is 3.53. The Hall–Kier alpha value is -1.92. The number of aliphatic hydroxyl groups is 1. The molecule has 0 aliphatic carbocycles. The van der Waals surface area contributed by atoms with E-state index < -0.39 is 6.10 Å². The molecule has 0 aliphatic heterocycles. The zero-order chi connectivity index (χ0) is 15.1. The largest absolute Gasteiger partial charge is 0.387 e. The quantitative estimate of drug-likeness (QED) is 0.781. The average Bonchev–Trinajstić information content (AvgIpc) is 2.96. The van der Waals surface area contributed by atoms with Gasteiger partial charge in [0, 0.05) is 16.8 Å². The number of aryl methyl sites for hydroxylation is 2. The molecule has 0 radical (unpaired) electrons. The third kappa shape index (κ3) is 2.41. The van der Waals surface area contributed by atoms with Crippen molar-refractivity contribution in [3.63, 3.8) is 0 Å². The number of nitrogens with zero attached hydrogens (tertiary/aromatic N) is 2. The van der Waals surface area contributed by atoms with Gasteiger partial charge in [0.05, 0.1) is 18.0 Å². The van der Waals surface area contributed by atoms with Crippen LogP contribution >= 0.6 is 11.3 Å². The summed E-state index contributed by atoms with van der Waals surface area (Å²) in [4.78, 5) is 21.5. The number of H-pyrrole nitrogens is 1. The second kappa shape index (κ2) is 5.13. The number of fused-ring (bicyclic) bond motifs is 1. The van der Waals surface area contributed by atoms with Gasteiger partial charge in [-0.25, -0.2) is 4.98 Å². The van der Waals surface area contributed by atoms with Gasteiger partial charge < -0.3 is 14.7 Å². The van der Waals surface area contributed by atoms with Gasteiger partial charge in [0.25, 0.3) is 5.56 Å². The first kappa shape index (κ1) is 14.0. The number of rotatable bonds is 3. The molecule has 0 fully saturated rings. The van der Waals surface area contributed by atoms with Crippen LogP contribution in [0.25, 0.3) is 10.2 Å². The second-order valence-electron chi connectivity index (χ2n) is 5.21. The third-order valence-corrected chi connectivity index (χ3v) is 4.80. The van der Waals surface area contributed by atoms with Gasteiger partial charge in [0.2, 0.25) is 0 Å². The number of aromatic nitrogens is 3. The maximum Gasteiger partial charge on any atom is 0.259 e. The summed E-state index contributed by atoms with van der Waals surface area (Å²) in [6.07, 6.45) is 1.32. The summed E-state index contributed by atoms with van der Waals surface area (Å²) in [6, 6.07) is 3.73. The maximum absolute atomic E-state index is 12.2. The normalized spacial score (nSPS) is 13.0. The molecule has 0 aliphatic rings. The van der Waals surface area contributed by atoms with Gasteiger partial charge in [-0.1, -0.05) is 0 Å². The molecule has 1 atom stereocenters. The molecule has 3 aromatic heterocycles. The van der Waals surface area contributed by atoms with E-state index in [1.165, 1.54) is 0 Å². The molecule has 0 saturated carbocycles. The summed E-state index contributed by atoms with van der Waals surface area (Å²) < 4.78 is 1.89. The standard InChI is InChI=1S/C15H17N3O2S/c1-8-10(3)21-15-13(8)14(20)16-12(17-15)7-18-6-4-5-11(18)9(2)19/h4-6,9,19H,7H2,1-3H3,(H,16,17,20). The molecule has 3 aromatic rings. The van der Waals surface area contributed by atoms with Gasteiger partial charge in [-0.15, -0.1) is 11.3 Å². The molecule has 2 N–H and O–H groups in total. The zero-order valence-electron chi connectivity index (χ0n) is 12.2. The number of thiophene rings is 1. The minimum absolute atomic E-state index is 0.0948. The number of nitrogens with one attached hydrogen (secondary N) is 1. The van der Waals surface area contributed by atoms with Crippen LogP contribution in [0.5, 0.6) is 0 Å². The first-order valence-electron chi connectivity index (χ1n) is 6.79. The molecule has 0 aromatic carbocycles. The number of aliphatic hydroxyl groups excluding tert-OH is 1. The van der Waals surface area contributed by atoms with E-state index in [1.54, 1.807) is 18.3 Å². The van der Waals surface area contributed by atoms with Crippen LogP contribution in [0, 0.1) is 13.8 Å². The zero-order valence-corrected chi connectivity index (χ0v) is 13.0. The molecule has 0 spiro atoms.